The second-order valence-corrected chi connectivity index (χ2v) is 7.14. The summed E-state index contributed by atoms with van der Waals surface area (Å²) in [4.78, 5) is 17.2. The molecule has 0 saturated carbocycles. The Balaban J connectivity index is 1.78. The van der Waals surface area contributed by atoms with E-state index in [-0.39, 0.29) is 5.91 Å². The first-order chi connectivity index (χ1) is 12.6. The number of rotatable bonds is 4. The van der Waals surface area contributed by atoms with Gasteiger partial charge in [-0.2, -0.15) is 0 Å². The summed E-state index contributed by atoms with van der Waals surface area (Å²) in [5, 5.41) is 0. The van der Waals surface area contributed by atoms with Gasteiger partial charge in [-0.05, 0) is 50.7 Å². The Hall–Kier alpha value is -2.33. The molecule has 138 valence electrons. The molecule has 1 fully saturated rings. The molecule has 0 N–H and O–H groups in total. The summed E-state index contributed by atoms with van der Waals surface area (Å²) in [7, 11) is 5.87. The van der Waals surface area contributed by atoms with Gasteiger partial charge in [0, 0.05) is 30.3 Å². The quantitative estimate of drug-likeness (QED) is 0.836. The third-order valence-corrected chi connectivity index (χ3v) is 5.21. The molecule has 1 saturated heterocycles. The maximum Gasteiger partial charge on any atom is 0.253 e. The van der Waals surface area contributed by atoms with Crippen molar-refractivity contribution in [3.05, 3.63) is 54.1 Å². The highest BCUT2D eigenvalue weighted by Gasteiger charge is 2.24. The van der Waals surface area contributed by atoms with Crippen molar-refractivity contribution in [2.24, 2.45) is 0 Å². The SMILES string of the molecule is COc1ccccc1-c1ccc(C(=O)N2CCCC[C@H](N(C)C)C2)cc1. The monoisotopic (exact) mass is 352 g/mol. The zero-order valence-corrected chi connectivity index (χ0v) is 15.9. The van der Waals surface area contributed by atoms with Gasteiger partial charge in [0.05, 0.1) is 7.11 Å². The average molecular weight is 352 g/mol. The minimum Gasteiger partial charge on any atom is -0.496 e. The molecule has 2 aromatic carbocycles. The highest BCUT2D eigenvalue weighted by atomic mass is 16.5. The number of likely N-dealkylation sites (N-methyl/N-ethyl adjacent to an activating group) is 1. The third kappa shape index (κ3) is 4.07. The van der Waals surface area contributed by atoms with E-state index in [0.717, 1.165) is 48.4 Å². The molecule has 1 amide bonds. The van der Waals surface area contributed by atoms with Crippen LogP contribution in [-0.4, -0.2) is 56.0 Å². The van der Waals surface area contributed by atoms with Crippen molar-refractivity contribution in [2.45, 2.75) is 25.3 Å². The van der Waals surface area contributed by atoms with Gasteiger partial charge in [0.2, 0.25) is 0 Å². The van der Waals surface area contributed by atoms with Crippen molar-refractivity contribution in [3.8, 4) is 16.9 Å². The number of ether oxygens (including phenoxy) is 1. The largest absolute Gasteiger partial charge is 0.496 e. The number of amides is 1. The highest BCUT2D eigenvalue weighted by Crippen LogP contribution is 2.29. The van der Waals surface area contributed by atoms with Gasteiger partial charge < -0.3 is 14.5 Å². The van der Waals surface area contributed by atoms with Crippen LogP contribution in [0, 0.1) is 0 Å². The van der Waals surface area contributed by atoms with E-state index >= 15 is 0 Å². The van der Waals surface area contributed by atoms with E-state index in [0.29, 0.717) is 6.04 Å². The molecule has 3 rings (SSSR count). The Morgan fingerprint density at radius 1 is 1.08 bits per heavy atom. The summed E-state index contributed by atoms with van der Waals surface area (Å²) in [5.74, 6) is 0.971. The molecule has 0 aliphatic carbocycles. The number of nitrogens with zero attached hydrogens (tertiary/aromatic N) is 2. The zero-order chi connectivity index (χ0) is 18.5. The number of hydrogen-bond donors (Lipinski definition) is 0. The minimum atomic E-state index is 0.130. The molecule has 0 bridgehead atoms. The van der Waals surface area contributed by atoms with E-state index in [9.17, 15) is 4.79 Å². The fourth-order valence-corrected chi connectivity index (χ4v) is 3.58. The average Bonchev–Trinajstić information content (AvgIpc) is 2.94. The number of para-hydroxylation sites is 1. The van der Waals surface area contributed by atoms with Crippen LogP contribution >= 0.6 is 0 Å². The molecular formula is C22H28N2O2. The van der Waals surface area contributed by atoms with Crippen LogP contribution in [0.1, 0.15) is 29.6 Å². The Bertz CT molecular complexity index is 740. The van der Waals surface area contributed by atoms with Crippen molar-refractivity contribution in [1.82, 2.24) is 9.80 Å². The second-order valence-electron chi connectivity index (χ2n) is 7.14. The summed E-state index contributed by atoms with van der Waals surface area (Å²) < 4.78 is 5.44. The van der Waals surface area contributed by atoms with Gasteiger partial charge in [0.15, 0.2) is 0 Å². The summed E-state index contributed by atoms with van der Waals surface area (Å²) in [6, 6.07) is 16.3. The van der Waals surface area contributed by atoms with Gasteiger partial charge in [-0.1, -0.05) is 36.8 Å². The maximum atomic E-state index is 13.0. The lowest BCUT2D eigenvalue weighted by Crippen LogP contribution is -2.41. The van der Waals surface area contributed by atoms with E-state index < -0.39 is 0 Å². The molecule has 0 spiro atoms. The summed E-state index contributed by atoms with van der Waals surface area (Å²) in [5.41, 5.74) is 2.85. The van der Waals surface area contributed by atoms with E-state index in [1.807, 2.05) is 53.4 Å². The van der Waals surface area contributed by atoms with E-state index in [1.165, 1.54) is 6.42 Å². The standard InChI is InChI=1S/C22H28N2O2/c1-23(2)19-8-6-7-15-24(16-19)22(25)18-13-11-17(12-14-18)20-9-4-5-10-21(20)26-3/h4-5,9-14,19H,6-8,15-16H2,1-3H3/t19-/m0/s1. The van der Waals surface area contributed by atoms with Crippen LogP contribution in [0.3, 0.4) is 0 Å². The van der Waals surface area contributed by atoms with Gasteiger partial charge >= 0.3 is 0 Å². The fourth-order valence-electron chi connectivity index (χ4n) is 3.58. The second kappa shape index (κ2) is 8.37. The van der Waals surface area contributed by atoms with Crippen LogP contribution in [-0.2, 0) is 0 Å². The Labute approximate surface area is 156 Å². The molecule has 0 radical (unpaired) electrons. The van der Waals surface area contributed by atoms with Crippen LogP contribution in [0.15, 0.2) is 48.5 Å². The summed E-state index contributed by atoms with van der Waals surface area (Å²) in [6.45, 7) is 1.65. The first kappa shape index (κ1) is 18.5. The van der Waals surface area contributed by atoms with Crippen LogP contribution in [0.5, 0.6) is 5.75 Å². The fraction of sp³-hybridized carbons (Fsp3) is 0.409. The number of benzene rings is 2. The molecule has 1 heterocycles. The van der Waals surface area contributed by atoms with Crippen molar-refractivity contribution < 1.29 is 9.53 Å². The van der Waals surface area contributed by atoms with Crippen molar-refractivity contribution >= 4 is 5.91 Å². The van der Waals surface area contributed by atoms with Gasteiger partial charge in [0.1, 0.15) is 5.75 Å². The zero-order valence-electron chi connectivity index (χ0n) is 15.9. The number of carbonyl (C=O) groups excluding carboxylic acids is 1. The number of likely N-dealkylation sites (tertiary alicyclic amines) is 1. The van der Waals surface area contributed by atoms with Crippen molar-refractivity contribution in [2.75, 3.05) is 34.3 Å². The molecule has 2 aromatic rings. The highest BCUT2D eigenvalue weighted by molar-refractivity contribution is 5.95. The Morgan fingerprint density at radius 2 is 1.81 bits per heavy atom. The molecule has 1 aliphatic rings. The normalized spacial score (nSPS) is 17.8. The summed E-state index contributed by atoms with van der Waals surface area (Å²) in [6.07, 6.45) is 3.41. The Kier molecular flexibility index (Phi) is 5.94. The number of hydrogen-bond acceptors (Lipinski definition) is 3. The van der Waals surface area contributed by atoms with Crippen LogP contribution in [0.25, 0.3) is 11.1 Å². The smallest absolute Gasteiger partial charge is 0.253 e. The first-order valence-electron chi connectivity index (χ1n) is 9.29. The Morgan fingerprint density at radius 3 is 2.50 bits per heavy atom. The molecule has 0 aromatic heterocycles. The molecule has 26 heavy (non-hydrogen) atoms. The van der Waals surface area contributed by atoms with Gasteiger partial charge in [-0.3, -0.25) is 4.79 Å². The van der Waals surface area contributed by atoms with Gasteiger partial charge in [0.25, 0.3) is 5.91 Å². The molecule has 0 unspecified atom stereocenters. The van der Waals surface area contributed by atoms with Gasteiger partial charge in [-0.15, -0.1) is 0 Å². The lowest BCUT2D eigenvalue weighted by Gasteiger charge is -2.28. The minimum absolute atomic E-state index is 0.130. The van der Waals surface area contributed by atoms with Gasteiger partial charge in [-0.25, -0.2) is 0 Å². The van der Waals surface area contributed by atoms with Crippen LogP contribution in [0.2, 0.25) is 0 Å². The maximum absolute atomic E-state index is 13.0. The van der Waals surface area contributed by atoms with Crippen LogP contribution < -0.4 is 4.74 Å². The summed E-state index contributed by atoms with van der Waals surface area (Å²) >= 11 is 0. The molecular weight excluding hydrogens is 324 g/mol. The van der Waals surface area contributed by atoms with Crippen molar-refractivity contribution in [3.63, 3.8) is 0 Å². The van der Waals surface area contributed by atoms with Crippen molar-refractivity contribution in [1.29, 1.82) is 0 Å². The number of methoxy groups -OCH3 is 1. The van der Waals surface area contributed by atoms with E-state index in [4.69, 9.17) is 4.74 Å². The predicted octanol–water partition coefficient (Wildman–Crippen LogP) is 3.92. The molecule has 4 heteroatoms. The van der Waals surface area contributed by atoms with Crippen LogP contribution in [0.4, 0.5) is 0 Å². The topological polar surface area (TPSA) is 32.8 Å². The lowest BCUT2D eigenvalue weighted by atomic mass is 10.0. The third-order valence-electron chi connectivity index (χ3n) is 5.21. The predicted molar refractivity (Wildman–Crippen MR) is 106 cm³/mol. The molecule has 4 nitrogen and oxygen atoms in total. The van der Waals surface area contributed by atoms with E-state index in [2.05, 4.69) is 19.0 Å². The molecule has 1 atom stereocenters. The lowest BCUT2D eigenvalue weighted by molar-refractivity contribution is 0.0725. The number of carbonyl (C=O) groups is 1. The first-order valence-corrected chi connectivity index (χ1v) is 9.29. The van der Waals surface area contributed by atoms with E-state index in [1.54, 1.807) is 7.11 Å². The molecule has 1 aliphatic heterocycles.